The van der Waals surface area contributed by atoms with Crippen LogP contribution in [-0.4, -0.2) is 25.6 Å². The maximum atomic E-state index is 9.28. The zero-order valence-electron chi connectivity index (χ0n) is 36.6. The number of hydrogen-bond acceptors (Lipinski definition) is 1. The van der Waals surface area contributed by atoms with Crippen molar-refractivity contribution in [2.75, 3.05) is 0 Å². The van der Waals surface area contributed by atoms with Crippen LogP contribution in [0.5, 0.6) is 0 Å². The van der Waals surface area contributed by atoms with E-state index in [0.717, 1.165) is 4.95 Å². The van der Waals surface area contributed by atoms with Gasteiger partial charge >= 0.3 is 348 Å². The van der Waals surface area contributed by atoms with Gasteiger partial charge in [0.1, 0.15) is 0 Å². The van der Waals surface area contributed by atoms with Crippen LogP contribution in [0.3, 0.4) is 0 Å². The molecule has 55 heavy (non-hydrogen) atoms. The summed E-state index contributed by atoms with van der Waals surface area (Å²) in [5.74, 6) is 0. The second kappa shape index (κ2) is 14.2. The molecule has 0 fully saturated rings. The Kier molecular flexibility index (Phi) is 11.1. The van der Waals surface area contributed by atoms with E-state index in [0.29, 0.717) is 0 Å². The summed E-state index contributed by atoms with van der Waals surface area (Å²) in [6.07, 6.45) is 5.07. The van der Waals surface area contributed by atoms with E-state index in [-0.39, 0.29) is 18.1 Å². The summed E-state index contributed by atoms with van der Waals surface area (Å²) in [7, 11) is 14.7. The molecule has 2 aliphatic carbocycles. The maximum absolute atomic E-state index is 9.28. The van der Waals surface area contributed by atoms with E-state index in [1.54, 1.807) is 0 Å². The van der Waals surface area contributed by atoms with Crippen molar-refractivity contribution in [3.63, 3.8) is 0 Å². The number of hydrogen-bond donors (Lipinski definition) is 0. The van der Waals surface area contributed by atoms with E-state index in [4.69, 9.17) is 0 Å². The number of fused-ring (bicyclic) bond motifs is 2. The SMILES string of the molecule is Cc1cccc(-c2cccc3c2C=C(C(C)(C)C)[CH]3[Zr]([Cl])([Cl])([BH]N([Si](C)(C)C)[Si](C)(C)C)[CH]2C(C(C)(C)C)=Cc3c(-c4cccc(C)c4C)cccc32)c1C. The number of benzene rings is 4. The molecule has 1 nitrogen and oxygen atoms in total. The fourth-order valence-corrected chi connectivity index (χ4v) is 52.7. The molecule has 0 heterocycles. The molecule has 7 heteroatoms. The first-order valence-corrected chi connectivity index (χ1v) is 38.2. The molecule has 4 aromatic carbocycles. The predicted octanol–water partition coefficient (Wildman–Crippen LogP) is 15.2. The summed E-state index contributed by atoms with van der Waals surface area (Å²) in [4.78, 5) is 0.784. The van der Waals surface area contributed by atoms with Crippen LogP contribution in [0.4, 0.5) is 0 Å². The van der Waals surface area contributed by atoms with Crippen LogP contribution in [0.25, 0.3) is 34.4 Å². The van der Waals surface area contributed by atoms with Crippen LogP contribution >= 0.6 is 17.0 Å². The quantitative estimate of drug-likeness (QED) is 0.159. The second-order valence-electron chi connectivity index (χ2n) is 21.0. The third-order valence-electron chi connectivity index (χ3n) is 12.9. The third kappa shape index (κ3) is 7.55. The Labute approximate surface area is 345 Å². The molecule has 0 aromatic heterocycles. The number of halogens is 2. The second-order valence-corrected chi connectivity index (χ2v) is 53.1. The molecule has 6 rings (SSSR count). The van der Waals surface area contributed by atoms with E-state index in [9.17, 15) is 17.0 Å². The van der Waals surface area contributed by atoms with Crippen molar-refractivity contribution in [2.24, 2.45) is 10.8 Å². The molecule has 0 radical (unpaired) electrons. The van der Waals surface area contributed by atoms with Gasteiger partial charge < -0.3 is 0 Å². The minimum atomic E-state index is -5.45. The molecule has 0 spiro atoms. The topological polar surface area (TPSA) is 3.24 Å². The Balaban J connectivity index is 1.76. The van der Waals surface area contributed by atoms with Gasteiger partial charge in [-0.2, -0.15) is 0 Å². The van der Waals surface area contributed by atoms with Crippen molar-refractivity contribution in [3.8, 4) is 22.3 Å². The molecule has 2 aliphatic rings. The van der Waals surface area contributed by atoms with Crippen LogP contribution < -0.4 is 0 Å². The number of rotatable bonds is 8. The van der Waals surface area contributed by atoms with Crippen LogP contribution in [0.15, 0.2) is 83.9 Å². The fourth-order valence-electron chi connectivity index (χ4n) is 10.1. The molecule has 0 saturated carbocycles. The standard InChI is InChI=1S/2C21H23.C6H19BNSi2.2ClH.Zr/c2*1-14-8-6-10-18(15(14)2)19-11-7-9-16-12-17(13-20(16)19)21(3,4)5;1-9(2,3)8(7)10(4,5)6;;;/h2*6-13H,1-5H3;7H,1-6H3;2*1H;/q;;+1;;;+1/p-2. The zero-order valence-corrected chi connectivity index (χ0v) is 42.6. The first-order chi connectivity index (χ1) is 25.2. The zero-order chi connectivity index (χ0) is 40.9. The van der Waals surface area contributed by atoms with Crippen molar-refractivity contribution in [2.45, 2.75) is 116 Å². The molecular formula is C48H65BCl2NSi2Zr. The van der Waals surface area contributed by atoms with E-state index in [1.807, 2.05) is 0 Å². The van der Waals surface area contributed by atoms with Crippen molar-refractivity contribution in [1.29, 1.82) is 0 Å². The average molecular weight is 885 g/mol. The summed E-state index contributed by atoms with van der Waals surface area (Å²) >= 11 is -5.45. The van der Waals surface area contributed by atoms with Gasteiger partial charge in [0.05, 0.1) is 0 Å². The molecule has 0 amide bonds. The molecular weight excluding hydrogens is 820 g/mol. The molecule has 291 valence electrons. The first kappa shape index (κ1) is 42.9. The van der Waals surface area contributed by atoms with Gasteiger partial charge in [0.2, 0.25) is 0 Å². The Morgan fingerprint density at radius 1 is 0.527 bits per heavy atom. The summed E-state index contributed by atoms with van der Waals surface area (Å²) in [5, 5.41) is 0. The summed E-state index contributed by atoms with van der Waals surface area (Å²) in [6, 6.07) is 27.4. The predicted molar refractivity (Wildman–Crippen MR) is 250 cm³/mol. The van der Waals surface area contributed by atoms with E-state index < -0.39 is 32.6 Å². The molecule has 0 N–H and O–H groups in total. The number of nitrogens with zero attached hydrogens (tertiary/aromatic N) is 1. The number of allylic oxidation sites excluding steroid dienone is 2. The van der Waals surface area contributed by atoms with Crippen LogP contribution in [0.2, 0.25) is 39.3 Å². The normalized spacial score (nSPS) is 18.4. The van der Waals surface area contributed by atoms with Gasteiger partial charge in [0, 0.05) is 0 Å². The first-order valence-electron chi connectivity index (χ1n) is 20.4. The van der Waals surface area contributed by atoms with E-state index in [1.165, 1.54) is 77.9 Å². The van der Waals surface area contributed by atoms with Gasteiger partial charge in [-0.25, -0.2) is 0 Å². The Morgan fingerprint density at radius 3 is 1.18 bits per heavy atom. The third-order valence-corrected chi connectivity index (χ3v) is 39.7. The molecule has 2 unspecified atom stereocenters. The van der Waals surface area contributed by atoms with Crippen LogP contribution in [0.1, 0.15) is 93.3 Å². The van der Waals surface area contributed by atoms with Crippen molar-refractivity contribution < 1.29 is 16.2 Å². The van der Waals surface area contributed by atoms with E-state index >= 15 is 0 Å². The van der Waals surface area contributed by atoms with Gasteiger partial charge in [-0.05, 0) is 0 Å². The van der Waals surface area contributed by atoms with Gasteiger partial charge in [-0.15, -0.1) is 0 Å². The van der Waals surface area contributed by atoms with Crippen LogP contribution in [-0.2, 0) is 16.2 Å². The Bertz CT molecular complexity index is 2090. The van der Waals surface area contributed by atoms with Gasteiger partial charge in [-0.3, -0.25) is 0 Å². The van der Waals surface area contributed by atoms with E-state index in [2.05, 4.69) is 198 Å². The fraction of sp³-hybridized carbons (Fsp3) is 0.417. The molecule has 4 aromatic rings. The molecule has 2 atom stereocenters. The Morgan fingerprint density at radius 2 is 0.855 bits per heavy atom. The molecule has 0 aliphatic heterocycles. The van der Waals surface area contributed by atoms with Gasteiger partial charge in [0.25, 0.3) is 0 Å². The summed E-state index contributed by atoms with van der Waals surface area (Å²) in [6.45, 7) is 38.4. The van der Waals surface area contributed by atoms with Gasteiger partial charge in [-0.1, -0.05) is 0 Å². The number of aryl methyl sites for hydroxylation is 2. The Hall–Kier alpha value is -1.72. The van der Waals surface area contributed by atoms with Crippen molar-refractivity contribution >= 4 is 50.6 Å². The summed E-state index contributed by atoms with van der Waals surface area (Å²) in [5.41, 5.74) is 18.2. The monoisotopic (exact) mass is 882 g/mol. The minimum absolute atomic E-state index is 0.0638. The molecule has 0 saturated heterocycles. The van der Waals surface area contributed by atoms with Gasteiger partial charge in [0.15, 0.2) is 0 Å². The van der Waals surface area contributed by atoms with Crippen LogP contribution in [0, 0.1) is 38.5 Å². The van der Waals surface area contributed by atoms with Crippen molar-refractivity contribution in [1.82, 2.24) is 4.14 Å². The summed E-state index contributed by atoms with van der Waals surface area (Å²) < 4.78 is 2.81. The molecule has 0 bridgehead atoms. The average Bonchev–Trinajstić information content (AvgIpc) is 3.68. The van der Waals surface area contributed by atoms with Crippen molar-refractivity contribution in [3.05, 3.63) is 128 Å².